The number of anilines is 1. The number of nitrogens with one attached hydrogen (secondary N) is 1. The summed E-state index contributed by atoms with van der Waals surface area (Å²) >= 11 is 1.77. The molecule has 2 heterocycles. The molecule has 0 saturated heterocycles. The Balaban J connectivity index is 1.70. The van der Waals surface area contributed by atoms with Crippen LogP contribution in [-0.2, 0) is 6.54 Å². The molecular formula is C21H19N3S. The molecule has 2 aromatic carbocycles. The maximum atomic E-state index is 4.46. The van der Waals surface area contributed by atoms with Gasteiger partial charge < -0.3 is 5.32 Å². The summed E-state index contributed by atoms with van der Waals surface area (Å²) in [5.74, 6) is 0.880. The van der Waals surface area contributed by atoms with E-state index in [1.165, 1.54) is 27.1 Å². The fourth-order valence-corrected chi connectivity index (χ4v) is 3.77. The molecule has 0 saturated carbocycles. The lowest BCUT2D eigenvalue weighted by molar-refractivity contribution is 1.12. The van der Waals surface area contributed by atoms with Crippen LogP contribution in [0.2, 0.25) is 0 Å². The van der Waals surface area contributed by atoms with Crippen molar-refractivity contribution < 1.29 is 0 Å². The highest BCUT2D eigenvalue weighted by atomic mass is 32.1. The molecule has 4 aromatic rings. The average Bonchev–Trinajstić information content (AvgIpc) is 3.05. The Morgan fingerprint density at radius 2 is 1.80 bits per heavy atom. The van der Waals surface area contributed by atoms with E-state index in [-0.39, 0.29) is 0 Å². The van der Waals surface area contributed by atoms with E-state index < -0.39 is 0 Å². The van der Waals surface area contributed by atoms with Crippen LogP contribution in [0.5, 0.6) is 0 Å². The van der Waals surface area contributed by atoms with E-state index in [0.717, 1.165) is 23.3 Å². The number of rotatable bonds is 4. The number of benzene rings is 2. The van der Waals surface area contributed by atoms with Crippen LogP contribution in [0, 0.1) is 13.8 Å². The lowest BCUT2D eigenvalue weighted by Crippen LogP contribution is -2.01. The van der Waals surface area contributed by atoms with Gasteiger partial charge in [-0.25, -0.2) is 9.97 Å². The van der Waals surface area contributed by atoms with Crippen LogP contribution >= 0.6 is 11.3 Å². The number of nitrogens with zero attached hydrogens (tertiary/aromatic N) is 2. The first-order chi connectivity index (χ1) is 12.2. The van der Waals surface area contributed by atoms with Crippen molar-refractivity contribution in [2.24, 2.45) is 0 Å². The fraction of sp³-hybridized carbons (Fsp3) is 0.143. The van der Waals surface area contributed by atoms with E-state index in [1.54, 1.807) is 17.7 Å². The van der Waals surface area contributed by atoms with Gasteiger partial charge in [0.2, 0.25) is 0 Å². The maximum Gasteiger partial charge on any atom is 0.137 e. The molecular weight excluding hydrogens is 326 g/mol. The third-order valence-corrected chi connectivity index (χ3v) is 5.26. The van der Waals surface area contributed by atoms with Gasteiger partial charge in [0.15, 0.2) is 0 Å². The molecule has 0 aliphatic rings. The SMILES string of the molecule is Cc1cccc(-c2ccc3ncnc(NCc4cc(C)cs4)c3c2)c1. The number of thiophene rings is 1. The van der Waals surface area contributed by atoms with Crippen LogP contribution in [0.4, 0.5) is 5.82 Å². The van der Waals surface area contributed by atoms with Crippen LogP contribution in [0.3, 0.4) is 0 Å². The monoisotopic (exact) mass is 345 g/mol. The Hall–Kier alpha value is -2.72. The number of aryl methyl sites for hydroxylation is 2. The first-order valence-electron chi connectivity index (χ1n) is 8.29. The Kier molecular flexibility index (Phi) is 4.20. The van der Waals surface area contributed by atoms with Gasteiger partial charge in [-0.3, -0.25) is 0 Å². The summed E-state index contributed by atoms with van der Waals surface area (Å²) in [5.41, 5.74) is 5.91. The highest BCUT2D eigenvalue weighted by Gasteiger charge is 2.07. The van der Waals surface area contributed by atoms with E-state index in [0.29, 0.717) is 0 Å². The zero-order valence-corrected chi connectivity index (χ0v) is 15.1. The topological polar surface area (TPSA) is 37.8 Å². The number of hydrogen-bond acceptors (Lipinski definition) is 4. The van der Waals surface area contributed by atoms with Crippen LogP contribution < -0.4 is 5.32 Å². The standard InChI is InChI=1S/C21H19N3S/c1-14-4-3-5-16(8-14)17-6-7-20-19(10-17)21(24-13-23-20)22-11-18-9-15(2)12-25-18/h3-10,12-13H,11H2,1-2H3,(H,22,23,24). The molecule has 0 unspecified atom stereocenters. The zero-order chi connectivity index (χ0) is 17.2. The Morgan fingerprint density at radius 3 is 2.60 bits per heavy atom. The van der Waals surface area contributed by atoms with Crippen molar-refractivity contribution in [1.29, 1.82) is 0 Å². The van der Waals surface area contributed by atoms with Gasteiger partial charge in [-0.1, -0.05) is 35.9 Å². The fourth-order valence-electron chi connectivity index (χ4n) is 2.96. The van der Waals surface area contributed by atoms with Crippen LogP contribution in [-0.4, -0.2) is 9.97 Å². The third kappa shape index (κ3) is 3.39. The van der Waals surface area contributed by atoms with Crippen molar-refractivity contribution in [3.8, 4) is 11.1 Å². The quantitative estimate of drug-likeness (QED) is 0.524. The third-order valence-electron chi connectivity index (χ3n) is 4.20. The van der Waals surface area contributed by atoms with E-state index >= 15 is 0 Å². The Bertz CT molecular complexity index is 1040. The molecule has 0 spiro atoms. The number of aromatic nitrogens is 2. The molecule has 0 bridgehead atoms. The summed E-state index contributed by atoms with van der Waals surface area (Å²) in [7, 11) is 0. The zero-order valence-electron chi connectivity index (χ0n) is 14.3. The van der Waals surface area contributed by atoms with Gasteiger partial charge in [-0.15, -0.1) is 11.3 Å². The van der Waals surface area contributed by atoms with E-state index in [1.807, 2.05) is 0 Å². The van der Waals surface area contributed by atoms with E-state index in [2.05, 4.69) is 83.0 Å². The molecule has 0 aliphatic carbocycles. The smallest absolute Gasteiger partial charge is 0.137 e. The van der Waals surface area contributed by atoms with Gasteiger partial charge in [0.25, 0.3) is 0 Å². The van der Waals surface area contributed by atoms with Gasteiger partial charge in [0, 0.05) is 10.3 Å². The summed E-state index contributed by atoms with van der Waals surface area (Å²) in [6, 6.07) is 17.1. The summed E-state index contributed by atoms with van der Waals surface area (Å²) in [4.78, 5) is 10.2. The summed E-state index contributed by atoms with van der Waals surface area (Å²) in [5, 5.41) is 6.69. The first-order valence-corrected chi connectivity index (χ1v) is 9.17. The molecule has 4 heteroatoms. The molecule has 0 atom stereocenters. The number of hydrogen-bond donors (Lipinski definition) is 1. The normalized spacial score (nSPS) is 11.0. The molecule has 25 heavy (non-hydrogen) atoms. The minimum atomic E-state index is 0.777. The second-order valence-corrected chi connectivity index (χ2v) is 7.26. The van der Waals surface area contributed by atoms with Crippen molar-refractivity contribution in [1.82, 2.24) is 9.97 Å². The molecule has 2 aromatic heterocycles. The highest BCUT2D eigenvalue weighted by molar-refractivity contribution is 7.10. The van der Waals surface area contributed by atoms with Crippen molar-refractivity contribution in [3.05, 3.63) is 76.2 Å². The Morgan fingerprint density at radius 1 is 0.920 bits per heavy atom. The van der Waals surface area contributed by atoms with Crippen LogP contribution in [0.25, 0.3) is 22.0 Å². The van der Waals surface area contributed by atoms with Crippen molar-refractivity contribution in [3.63, 3.8) is 0 Å². The van der Waals surface area contributed by atoms with Gasteiger partial charge in [-0.2, -0.15) is 0 Å². The second kappa shape index (κ2) is 6.65. The summed E-state index contributed by atoms with van der Waals surface area (Å²) in [6.45, 7) is 5.01. The molecule has 3 nitrogen and oxygen atoms in total. The molecule has 0 radical (unpaired) electrons. The van der Waals surface area contributed by atoms with Gasteiger partial charge in [-0.05, 0) is 54.1 Å². The predicted molar refractivity (Wildman–Crippen MR) is 106 cm³/mol. The van der Waals surface area contributed by atoms with Crippen LogP contribution in [0.15, 0.2) is 60.2 Å². The largest absolute Gasteiger partial charge is 0.365 e. The minimum Gasteiger partial charge on any atom is -0.365 e. The Labute approximate surface area is 151 Å². The van der Waals surface area contributed by atoms with Crippen molar-refractivity contribution in [2.75, 3.05) is 5.32 Å². The van der Waals surface area contributed by atoms with E-state index in [4.69, 9.17) is 0 Å². The molecule has 0 fully saturated rings. The molecule has 124 valence electrons. The van der Waals surface area contributed by atoms with Gasteiger partial charge >= 0.3 is 0 Å². The molecule has 4 rings (SSSR count). The summed E-state index contributed by atoms with van der Waals surface area (Å²) < 4.78 is 0. The average molecular weight is 345 g/mol. The summed E-state index contributed by atoms with van der Waals surface area (Å²) in [6.07, 6.45) is 1.62. The molecule has 0 amide bonds. The lowest BCUT2D eigenvalue weighted by Gasteiger charge is -2.09. The van der Waals surface area contributed by atoms with Crippen LogP contribution in [0.1, 0.15) is 16.0 Å². The highest BCUT2D eigenvalue weighted by Crippen LogP contribution is 2.28. The molecule has 1 N–H and O–H groups in total. The van der Waals surface area contributed by atoms with Crippen molar-refractivity contribution >= 4 is 28.1 Å². The second-order valence-electron chi connectivity index (χ2n) is 6.27. The predicted octanol–water partition coefficient (Wildman–Crippen LogP) is 5.59. The van der Waals surface area contributed by atoms with Gasteiger partial charge in [0.05, 0.1) is 12.1 Å². The number of fused-ring (bicyclic) bond motifs is 1. The minimum absolute atomic E-state index is 0.777. The molecule has 0 aliphatic heterocycles. The van der Waals surface area contributed by atoms with Crippen molar-refractivity contribution in [2.45, 2.75) is 20.4 Å². The maximum absolute atomic E-state index is 4.46. The lowest BCUT2D eigenvalue weighted by atomic mass is 10.0. The van der Waals surface area contributed by atoms with E-state index in [9.17, 15) is 0 Å². The van der Waals surface area contributed by atoms with Gasteiger partial charge in [0.1, 0.15) is 12.1 Å². The first kappa shape index (κ1) is 15.8.